The third kappa shape index (κ3) is 6.50. The van der Waals surface area contributed by atoms with Gasteiger partial charge in [-0.05, 0) is 37.2 Å². The van der Waals surface area contributed by atoms with Crippen molar-refractivity contribution in [3.8, 4) is 0 Å². The van der Waals surface area contributed by atoms with E-state index in [1.165, 1.54) is 32.1 Å². The number of hydrogen-bond acceptors (Lipinski definition) is 3. The summed E-state index contributed by atoms with van der Waals surface area (Å²) < 4.78 is 11.4. The van der Waals surface area contributed by atoms with Crippen molar-refractivity contribution >= 4 is 0 Å². The van der Waals surface area contributed by atoms with E-state index in [2.05, 4.69) is 20.4 Å². The second-order valence-corrected chi connectivity index (χ2v) is 6.46. The molecule has 1 aliphatic rings. The average molecular weight is 298 g/mol. The van der Waals surface area contributed by atoms with Crippen LogP contribution in [-0.2, 0) is 9.47 Å². The van der Waals surface area contributed by atoms with Gasteiger partial charge in [0.2, 0.25) is 0 Å². The number of unbranched alkanes of at least 4 members (excludes halogenated alkanes) is 3. The van der Waals surface area contributed by atoms with Crippen molar-refractivity contribution in [2.75, 3.05) is 13.7 Å². The molecule has 0 aromatic carbocycles. The van der Waals surface area contributed by atoms with Crippen molar-refractivity contribution in [2.24, 2.45) is 5.92 Å². The molecule has 0 aromatic heterocycles. The lowest BCUT2D eigenvalue weighted by Crippen LogP contribution is -2.37. The fourth-order valence-electron chi connectivity index (χ4n) is 3.13. The summed E-state index contributed by atoms with van der Waals surface area (Å²) in [7, 11) is 1.78. The summed E-state index contributed by atoms with van der Waals surface area (Å²) in [5, 5.41) is 10.0. The molecule has 124 valence electrons. The summed E-state index contributed by atoms with van der Waals surface area (Å²) in [6.07, 6.45) is 8.47. The number of hydrogen-bond donors (Lipinski definition) is 1. The monoisotopic (exact) mass is 298 g/mol. The third-order valence-corrected chi connectivity index (χ3v) is 4.61. The lowest BCUT2D eigenvalue weighted by atomic mass is 9.89. The van der Waals surface area contributed by atoms with E-state index in [-0.39, 0.29) is 12.2 Å². The maximum absolute atomic E-state index is 10.0. The highest BCUT2D eigenvalue weighted by Crippen LogP contribution is 2.27. The lowest BCUT2D eigenvalue weighted by Gasteiger charge is -2.32. The molecule has 0 bridgehead atoms. The van der Waals surface area contributed by atoms with Gasteiger partial charge in [0.05, 0.1) is 12.2 Å². The molecule has 4 atom stereocenters. The van der Waals surface area contributed by atoms with Crippen molar-refractivity contribution in [3.63, 3.8) is 0 Å². The molecule has 1 saturated heterocycles. The highest BCUT2D eigenvalue weighted by molar-refractivity contribution is 5.08. The van der Waals surface area contributed by atoms with E-state index in [1.54, 1.807) is 7.11 Å². The van der Waals surface area contributed by atoms with Crippen LogP contribution in [0.25, 0.3) is 0 Å². The van der Waals surface area contributed by atoms with Gasteiger partial charge in [-0.3, -0.25) is 0 Å². The lowest BCUT2D eigenvalue weighted by molar-refractivity contribution is -0.0592. The zero-order valence-corrected chi connectivity index (χ0v) is 14.1. The van der Waals surface area contributed by atoms with Crippen LogP contribution < -0.4 is 0 Å². The van der Waals surface area contributed by atoms with Gasteiger partial charge in [0, 0.05) is 13.7 Å². The molecule has 1 N–H and O–H groups in total. The molecule has 1 fully saturated rings. The number of ether oxygens (including phenoxy) is 2. The first-order chi connectivity index (χ1) is 10.1. The van der Waals surface area contributed by atoms with E-state index >= 15 is 0 Å². The SMILES string of the molecule is C=C(C[C@H](OC)[C@@H](C)CCCCCC)[C@@H]1OCCC[C@H]1O. The van der Waals surface area contributed by atoms with E-state index in [0.717, 1.165) is 31.4 Å². The summed E-state index contributed by atoms with van der Waals surface area (Å²) in [6, 6.07) is 0. The van der Waals surface area contributed by atoms with Crippen LogP contribution >= 0.6 is 0 Å². The molecule has 1 aliphatic heterocycles. The van der Waals surface area contributed by atoms with Crippen LogP contribution in [0.5, 0.6) is 0 Å². The molecule has 0 aromatic rings. The van der Waals surface area contributed by atoms with Gasteiger partial charge in [-0.15, -0.1) is 0 Å². The Hall–Kier alpha value is -0.380. The number of aliphatic hydroxyl groups is 1. The predicted molar refractivity (Wildman–Crippen MR) is 87.5 cm³/mol. The molecular formula is C18H34O3. The van der Waals surface area contributed by atoms with Gasteiger partial charge in [-0.2, -0.15) is 0 Å². The van der Waals surface area contributed by atoms with Crippen LogP contribution in [0.3, 0.4) is 0 Å². The predicted octanol–water partition coefficient (Wildman–Crippen LogP) is 4.09. The second kappa shape index (κ2) is 10.4. The Balaban J connectivity index is 2.38. The van der Waals surface area contributed by atoms with Crippen LogP contribution in [0.2, 0.25) is 0 Å². The number of rotatable bonds is 10. The summed E-state index contributed by atoms with van der Waals surface area (Å²) in [4.78, 5) is 0. The van der Waals surface area contributed by atoms with Gasteiger partial charge in [0.25, 0.3) is 0 Å². The summed E-state index contributed by atoms with van der Waals surface area (Å²) >= 11 is 0. The van der Waals surface area contributed by atoms with Gasteiger partial charge >= 0.3 is 0 Å². The molecule has 0 radical (unpaired) electrons. The van der Waals surface area contributed by atoms with E-state index in [9.17, 15) is 5.11 Å². The van der Waals surface area contributed by atoms with Crippen LogP contribution in [0.15, 0.2) is 12.2 Å². The minimum Gasteiger partial charge on any atom is -0.390 e. The van der Waals surface area contributed by atoms with Crippen LogP contribution in [0.4, 0.5) is 0 Å². The molecule has 1 rings (SSSR count). The Bertz CT molecular complexity index is 290. The van der Waals surface area contributed by atoms with Crippen molar-refractivity contribution in [1.29, 1.82) is 0 Å². The topological polar surface area (TPSA) is 38.7 Å². The Morgan fingerprint density at radius 2 is 2.14 bits per heavy atom. The van der Waals surface area contributed by atoms with Crippen molar-refractivity contribution in [3.05, 3.63) is 12.2 Å². The molecular weight excluding hydrogens is 264 g/mol. The van der Waals surface area contributed by atoms with Crippen molar-refractivity contribution in [2.45, 2.75) is 83.5 Å². The van der Waals surface area contributed by atoms with Crippen LogP contribution in [-0.4, -0.2) is 37.1 Å². The highest BCUT2D eigenvalue weighted by atomic mass is 16.5. The molecule has 21 heavy (non-hydrogen) atoms. The highest BCUT2D eigenvalue weighted by Gasteiger charge is 2.28. The molecule has 0 saturated carbocycles. The normalized spacial score (nSPS) is 25.5. The largest absolute Gasteiger partial charge is 0.390 e. The molecule has 3 nitrogen and oxygen atoms in total. The number of aliphatic hydroxyl groups excluding tert-OH is 1. The van der Waals surface area contributed by atoms with Gasteiger partial charge in [0.15, 0.2) is 0 Å². The van der Waals surface area contributed by atoms with Gasteiger partial charge in [-0.25, -0.2) is 0 Å². The van der Waals surface area contributed by atoms with E-state index in [0.29, 0.717) is 5.92 Å². The number of methoxy groups -OCH3 is 1. The van der Waals surface area contributed by atoms with Gasteiger partial charge in [0.1, 0.15) is 6.10 Å². The van der Waals surface area contributed by atoms with Crippen molar-refractivity contribution < 1.29 is 14.6 Å². The Labute approximate surface area is 130 Å². The minimum atomic E-state index is -0.399. The summed E-state index contributed by atoms with van der Waals surface area (Å²) in [6.45, 7) is 9.36. The molecule has 1 heterocycles. The second-order valence-electron chi connectivity index (χ2n) is 6.46. The van der Waals surface area contributed by atoms with Crippen LogP contribution in [0.1, 0.15) is 65.2 Å². The average Bonchev–Trinajstić information content (AvgIpc) is 2.49. The first-order valence-electron chi connectivity index (χ1n) is 8.60. The first-order valence-corrected chi connectivity index (χ1v) is 8.60. The van der Waals surface area contributed by atoms with E-state index < -0.39 is 6.10 Å². The smallest absolute Gasteiger partial charge is 0.104 e. The minimum absolute atomic E-state index is 0.178. The molecule has 0 unspecified atom stereocenters. The van der Waals surface area contributed by atoms with Crippen molar-refractivity contribution in [1.82, 2.24) is 0 Å². The summed E-state index contributed by atoms with van der Waals surface area (Å²) in [5.74, 6) is 0.518. The maximum Gasteiger partial charge on any atom is 0.104 e. The quantitative estimate of drug-likeness (QED) is 0.487. The summed E-state index contributed by atoms with van der Waals surface area (Å²) in [5.41, 5.74) is 0.981. The maximum atomic E-state index is 10.0. The standard InChI is InChI=1S/C18H34O3/c1-5-6-7-8-10-14(2)17(20-4)13-15(3)18-16(19)11-9-12-21-18/h14,16-19H,3,5-13H2,1-2,4H3/t14-,16+,17-,18-/m0/s1. The molecule has 0 amide bonds. The molecule has 0 aliphatic carbocycles. The Morgan fingerprint density at radius 1 is 1.38 bits per heavy atom. The fourth-order valence-corrected chi connectivity index (χ4v) is 3.13. The third-order valence-electron chi connectivity index (χ3n) is 4.61. The molecule has 3 heteroatoms. The Kier molecular flexibility index (Phi) is 9.21. The zero-order chi connectivity index (χ0) is 15.7. The zero-order valence-electron chi connectivity index (χ0n) is 14.1. The molecule has 0 spiro atoms. The van der Waals surface area contributed by atoms with Gasteiger partial charge in [-0.1, -0.05) is 46.1 Å². The van der Waals surface area contributed by atoms with E-state index in [1.807, 2.05) is 0 Å². The first kappa shape index (κ1) is 18.7. The van der Waals surface area contributed by atoms with E-state index in [4.69, 9.17) is 9.47 Å². The van der Waals surface area contributed by atoms with Crippen LogP contribution in [0, 0.1) is 5.92 Å². The fraction of sp³-hybridized carbons (Fsp3) is 0.889. The Morgan fingerprint density at radius 3 is 2.76 bits per heavy atom. The van der Waals surface area contributed by atoms with Gasteiger partial charge < -0.3 is 14.6 Å².